The first kappa shape index (κ1) is 18.5. The van der Waals surface area contributed by atoms with Gasteiger partial charge in [-0.2, -0.15) is 5.26 Å². The monoisotopic (exact) mass is 362 g/mol. The first-order valence-corrected chi connectivity index (χ1v) is 9.08. The van der Waals surface area contributed by atoms with Crippen molar-refractivity contribution >= 4 is 12.0 Å². The first-order valence-electron chi connectivity index (χ1n) is 9.08. The minimum atomic E-state index is -0.197. The minimum Gasteiger partial charge on any atom is -0.490 e. The molecular formula is C22H22N2O3. The number of nitrogens with zero attached hydrogens (tertiary/aromatic N) is 2. The van der Waals surface area contributed by atoms with Gasteiger partial charge in [-0.1, -0.05) is 30.3 Å². The average Bonchev–Trinajstić information content (AvgIpc) is 3.25. The summed E-state index contributed by atoms with van der Waals surface area (Å²) in [5.41, 5.74) is 0.919. The highest BCUT2D eigenvalue weighted by Gasteiger charge is 2.21. The second kappa shape index (κ2) is 9.44. The summed E-state index contributed by atoms with van der Waals surface area (Å²) in [6.45, 7) is 2.28. The van der Waals surface area contributed by atoms with Gasteiger partial charge in [0.2, 0.25) is 0 Å². The Bertz CT molecular complexity index is 834. The van der Waals surface area contributed by atoms with E-state index in [9.17, 15) is 10.1 Å². The maximum Gasteiger partial charge on any atom is 0.264 e. The predicted molar refractivity (Wildman–Crippen MR) is 103 cm³/mol. The van der Waals surface area contributed by atoms with Crippen molar-refractivity contribution in [3.8, 4) is 17.6 Å². The Balaban J connectivity index is 1.57. The fraction of sp³-hybridized carbons (Fsp3) is 0.273. The summed E-state index contributed by atoms with van der Waals surface area (Å²) < 4.78 is 11.3. The Hall–Kier alpha value is -3.26. The number of carbonyl (C=O) groups excluding carboxylic acids is 1. The molecule has 3 rings (SSSR count). The normalized spacial score (nSPS) is 13.9. The third-order valence-electron chi connectivity index (χ3n) is 4.28. The number of carbonyl (C=O) groups is 1. The van der Waals surface area contributed by atoms with Gasteiger partial charge >= 0.3 is 0 Å². The van der Waals surface area contributed by atoms with Gasteiger partial charge in [0.15, 0.2) is 0 Å². The lowest BCUT2D eigenvalue weighted by atomic mass is 10.1. The van der Waals surface area contributed by atoms with Crippen molar-refractivity contribution in [2.24, 2.45) is 0 Å². The molecule has 0 aromatic heterocycles. The van der Waals surface area contributed by atoms with Crippen LogP contribution in [0.3, 0.4) is 0 Å². The van der Waals surface area contributed by atoms with E-state index in [1.165, 1.54) is 0 Å². The summed E-state index contributed by atoms with van der Waals surface area (Å²) in [5, 5.41) is 9.36. The molecule has 0 spiro atoms. The van der Waals surface area contributed by atoms with Crippen molar-refractivity contribution in [3.63, 3.8) is 0 Å². The minimum absolute atomic E-state index is 0.154. The Labute approximate surface area is 159 Å². The number of para-hydroxylation sites is 1. The molecule has 0 bridgehead atoms. The number of hydrogen-bond donors (Lipinski definition) is 0. The van der Waals surface area contributed by atoms with Crippen molar-refractivity contribution in [2.75, 3.05) is 26.3 Å². The van der Waals surface area contributed by atoms with Crippen LogP contribution in [0.1, 0.15) is 18.4 Å². The van der Waals surface area contributed by atoms with Crippen molar-refractivity contribution in [1.29, 1.82) is 5.26 Å². The van der Waals surface area contributed by atoms with Crippen LogP contribution >= 0.6 is 0 Å². The fourth-order valence-corrected chi connectivity index (χ4v) is 2.93. The summed E-state index contributed by atoms with van der Waals surface area (Å²) in [7, 11) is 0. The van der Waals surface area contributed by atoms with Crippen LogP contribution in [0.2, 0.25) is 0 Å². The highest BCUT2D eigenvalue weighted by Crippen LogP contribution is 2.18. The number of amides is 1. The maximum absolute atomic E-state index is 12.4. The molecule has 1 heterocycles. The van der Waals surface area contributed by atoms with Crippen LogP contribution in [0.15, 0.2) is 60.2 Å². The van der Waals surface area contributed by atoms with E-state index in [1.807, 2.05) is 60.7 Å². The molecule has 0 aliphatic carbocycles. The van der Waals surface area contributed by atoms with E-state index in [1.54, 1.807) is 11.0 Å². The molecule has 0 N–H and O–H groups in total. The van der Waals surface area contributed by atoms with Crippen LogP contribution in [0.4, 0.5) is 0 Å². The zero-order valence-electron chi connectivity index (χ0n) is 15.1. The van der Waals surface area contributed by atoms with Crippen LogP contribution in [0.25, 0.3) is 6.08 Å². The number of ether oxygens (including phenoxy) is 2. The van der Waals surface area contributed by atoms with E-state index in [0.29, 0.717) is 19.0 Å². The van der Waals surface area contributed by atoms with Crippen LogP contribution in [-0.2, 0) is 4.79 Å². The molecule has 1 aliphatic heterocycles. The predicted octanol–water partition coefficient (Wildman–Crippen LogP) is 3.67. The molecule has 5 heteroatoms. The lowest BCUT2D eigenvalue weighted by Crippen LogP contribution is -2.28. The molecule has 0 saturated carbocycles. The summed E-state index contributed by atoms with van der Waals surface area (Å²) in [5.74, 6) is 1.28. The van der Waals surface area contributed by atoms with E-state index in [4.69, 9.17) is 9.47 Å². The molecule has 1 fully saturated rings. The number of rotatable bonds is 7. The van der Waals surface area contributed by atoms with Gasteiger partial charge in [0.25, 0.3) is 5.91 Å². The van der Waals surface area contributed by atoms with Crippen molar-refractivity contribution < 1.29 is 14.3 Å². The first-order chi connectivity index (χ1) is 13.3. The van der Waals surface area contributed by atoms with E-state index in [2.05, 4.69) is 0 Å². The van der Waals surface area contributed by atoms with E-state index in [-0.39, 0.29) is 11.5 Å². The smallest absolute Gasteiger partial charge is 0.264 e. The Morgan fingerprint density at radius 2 is 1.67 bits per heavy atom. The van der Waals surface area contributed by atoms with Gasteiger partial charge in [-0.25, -0.2) is 0 Å². The topological polar surface area (TPSA) is 62.6 Å². The quantitative estimate of drug-likeness (QED) is 0.428. The van der Waals surface area contributed by atoms with E-state index >= 15 is 0 Å². The molecule has 1 saturated heterocycles. The molecule has 27 heavy (non-hydrogen) atoms. The van der Waals surface area contributed by atoms with Gasteiger partial charge in [-0.15, -0.1) is 0 Å². The van der Waals surface area contributed by atoms with Crippen molar-refractivity contribution in [3.05, 3.63) is 65.7 Å². The molecule has 0 atom stereocenters. The third kappa shape index (κ3) is 5.35. The van der Waals surface area contributed by atoms with Crippen LogP contribution in [-0.4, -0.2) is 37.1 Å². The molecule has 2 aromatic carbocycles. The molecule has 2 aromatic rings. The SMILES string of the molecule is N#C/C(=C\c1cccc(OCCOc2ccccc2)c1)C(=O)N1CCCC1. The van der Waals surface area contributed by atoms with Gasteiger partial charge in [-0.05, 0) is 48.7 Å². The lowest BCUT2D eigenvalue weighted by Gasteiger charge is -2.14. The number of likely N-dealkylation sites (tertiary alicyclic amines) is 1. The molecule has 1 amide bonds. The van der Waals surface area contributed by atoms with Gasteiger partial charge in [0, 0.05) is 13.1 Å². The zero-order chi connectivity index (χ0) is 18.9. The maximum atomic E-state index is 12.4. The lowest BCUT2D eigenvalue weighted by molar-refractivity contribution is -0.125. The standard InChI is InChI=1S/C22H22N2O3/c23-17-19(22(25)24-11-4-5-12-24)15-18-7-6-10-21(16-18)27-14-13-26-20-8-2-1-3-9-20/h1-3,6-10,15-16H,4-5,11-14H2/b19-15+. The van der Waals surface area contributed by atoms with Crippen molar-refractivity contribution in [2.45, 2.75) is 12.8 Å². The van der Waals surface area contributed by atoms with Crippen LogP contribution < -0.4 is 9.47 Å². The van der Waals surface area contributed by atoms with Gasteiger partial charge in [-0.3, -0.25) is 4.79 Å². The Morgan fingerprint density at radius 3 is 2.37 bits per heavy atom. The number of nitriles is 1. The van der Waals surface area contributed by atoms with Crippen molar-refractivity contribution in [1.82, 2.24) is 4.90 Å². The summed E-state index contributed by atoms with van der Waals surface area (Å²) in [6, 6.07) is 18.9. The van der Waals surface area contributed by atoms with Gasteiger partial charge in [0.05, 0.1) is 0 Å². The second-order valence-electron chi connectivity index (χ2n) is 6.25. The zero-order valence-corrected chi connectivity index (χ0v) is 15.1. The Morgan fingerprint density at radius 1 is 1.00 bits per heavy atom. The molecular weight excluding hydrogens is 340 g/mol. The largest absolute Gasteiger partial charge is 0.490 e. The van der Waals surface area contributed by atoms with Gasteiger partial charge in [0.1, 0.15) is 36.4 Å². The highest BCUT2D eigenvalue weighted by atomic mass is 16.5. The average molecular weight is 362 g/mol. The molecule has 1 aliphatic rings. The fourth-order valence-electron chi connectivity index (χ4n) is 2.93. The van der Waals surface area contributed by atoms with E-state index in [0.717, 1.165) is 37.2 Å². The second-order valence-corrected chi connectivity index (χ2v) is 6.25. The molecule has 138 valence electrons. The summed E-state index contributed by atoms with van der Waals surface area (Å²) in [4.78, 5) is 14.1. The van der Waals surface area contributed by atoms with Gasteiger partial charge < -0.3 is 14.4 Å². The molecule has 5 nitrogen and oxygen atoms in total. The Kier molecular flexibility index (Phi) is 6.48. The van der Waals surface area contributed by atoms with Crippen LogP contribution in [0, 0.1) is 11.3 Å². The summed E-state index contributed by atoms with van der Waals surface area (Å²) >= 11 is 0. The molecule has 0 radical (unpaired) electrons. The molecule has 0 unspecified atom stereocenters. The summed E-state index contributed by atoms with van der Waals surface area (Å²) in [6.07, 6.45) is 3.62. The third-order valence-corrected chi connectivity index (χ3v) is 4.28. The van der Waals surface area contributed by atoms with Crippen LogP contribution in [0.5, 0.6) is 11.5 Å². The number of hydrogen-bond acceptors (Lipinski definition) is 4. The number of benzene rings is 2. The van der Waals surface area contributed by atoms with E-state index < -0.39 is 0 Å². The highest BCUT2D eigenvalue weighted by molar-refractivity contribution is 6.01.